The molecule has 1 fully saturated rings. The fourth-order valence-electron chi connectivity index (χ4n) is 2.58. The van der Waals surface area contributed by atoms with Crippen LogP contribution in [0.25, 0.3) is 0 Å². The molecule has 0 saturated heterocycles. The minimum Gasteiger partial charge on any atom is -0.481 e. The van der Waals surface area contributed by atoms with Crippen molar-refractivity contribution >= 4 is 5.69 Å². The molecular weight excluding hydrogens is 272 g/mol. The molecule has 1 aromatic rings. The van der Waals surface area contributed by atoms with Gasteiger partial charge >= 0.3 is 5.69 Å². The highest BCUT2D eigenvalue weighted by Crippen LogP contribution is 2.34. The van der Waals surface area contributed by atoms with E-state index in [-0.39, 0.29) is 23.9 Å². The van der Waals surface area contributed by atoms with Gasteiger partial charge < -0.3 is 14.8 Å². The Labute approximate surface area is 124 Å². The van der Waals surface area contributed by atoms with E-state index in [0.717, 1.165) is 18.4 Å². The van der Waals surface area contributed by atoms with E-state index in [1.807, 2.05) is 27.0 Å². The van der Waals surface area contributed by atoms with Crippen molar-refractivity contribution in [3.63, 3.8) is 0 Å². The molecular formula is C15H22N2O4. The van der Waals surface area contributed by atoms with Crippen LogP contribution < -0.4 is 10.1 Å². The van der Waals surface area contributed by atoms with E-state index in [4.69, 9.17) is 9.47 Å². The highest BCUT2D eigenvalue weighted by atomic mass is 16.6. The van der Waals surface area contributed by atoms with Gasteiger partial charge in [-0.15, -0.1) is 0 Å². The number of hydrogen-bond donors (Lipinski definition) is 1. The second kappa shape index (κ2) is 6.87. The third-order valence-electron chi connectivity index (χ3n) is 3.89. The van der Waals surface area contributed by atoms with Gasteiger partial charge in [0, 0.05) is 25.1 Å². The van der Waals surface area contributed by atoms with Crippen LogP contribution >= 0.6 is 0 Å². The summed E-state index contributed by atoms with van der Waals surface area (Å²) in [5.74, 6) is 0.321. The standard InChI is InChI=1S/C15H22N2O4/c1-4-10-6-7-13(12(8-10)17(18)19)21-14-9-11(16-3)15(14)20-5-2/h6-8,11,14-16H,4-5,9H2,1-3H3. The van der Waals surface area contributed by atoms with Crippen LogP contribution in [-0.2, 0) is 11.2 Å². The van der Waals surface area contributed by atoms with Crippen LogP contribution in [0.15, 0.2) is 18.2 Å². The minimum absolute atomic E-state index is 0.0255. The Balaban J connectivity index is 2.14. The summed E-state index contributed by atoms with van der Waals surface area (Å²) in [6, 6.07) is 5.38. The van der Waals surface area contributed by atoms with Crippen LogP contribution in [0.4, 0.5) is 5.69 Å². The molecule has 116 valence electrons. The van der Waals surface area contributed by atoms with Gasteiger partial charge in [0.2, 0.25) is 0 Å². The predicted molar refractivity (Wildman–Crippen MR) is 79.8 cm³/mol. The average molecular weight is 294 g/mol. The number of benzene rings is 1. The summed E-state index contributed by atoms with van der Waals surface area (Å²) in [5.41, 5.74) is 0.953. The number of ether oxygens (including phenoxy) is 2. The lowest BCUT2D eigenvalue weighted by atomic mass is 9.85. The van der Waals surface area contributed by atoms with Crippen molar-refractivity contribution in [2.75, 3.05) is 13.7 Å². The van der Waals surface area contributed by atoms with E-state index in [2.05, 4.69) is 5.32 Å². The topological polar surface area (TPSA) is 73.6 Å². The Morgan fingerprint density at radius 2 is 2.19 bits per heavy atom. The molecule has 1 N–H and O–H groups in total. The third kappa shape index (κ3) is 3.33. The third-order valence-corrected chi connectivity index (χ3v) is 3.89. The summed E-state index contributed by atoms with van der Waals surface area (Å²) in [5, 5.41) is 14.4. The first-order chi connectivity index (χ1) is 10.1. The van der Waals surface area contributed by atoms with Gasteiger partial charge in [0.15, 0.2) is 5.75 Å². The van der Waals surface area contributed by atoms with Crippen LogP contribution in [0.1, 0.15) is 25.8 Å². The number of hydrogen-bond acceptors (Lipinski definition) is 5. The van der Waals surface area contributed by atoms with Crippen molar-refractivity contribution in [3.05, 3.63) is 33.9 Å². The molecule has 0 aliphatic heterocycles. The maximum absolute atomic E-state index is 11.2. The maximum Gasteiger partial charge on any atom is 0.311 e. The van der Waals surface area contributed by atoms with Crippen molar-refractivity contribution in [2.24, 2.45) is 0 Å². The largest absolute Gasteiger partial charge is 0.481 e. The molecule has 1 saturated carbocycles. The SMILES string of the molecule is CCOC1C(NC)CC1Oc1ccc(CC)cc1[N+](=O)[O-]. The molecule has 0 aromatic heterocycles. The van der Waals surface area contributed by atoms with Gasteiger partial charge in [-0.25, -0.2) is 0 Å². The van der Waals surface area contributed by atoms with E-state index < -0.39 is 4.92 Å². The number of nitrogens with zero attached hydrogens (tertiary/aromatic N) is 1. The number of aryl methyl sites for hydroxylation is 1. The molecule has 3 unspecified atom stereocenters. The van der Waals surface area contributed by atoms with E-state index >= 15 is 0 Å². The molecule has 0 spiro atoms. The van der Waals surface area contributed by atoms with Crippen molar-refractivity contribution in [1.82, 2.24) is 5.32 Å². The summed E-state index contributed by atoms with van der Waals surface area (Å²) in [7, 11) is 1.88. The van der Waals surface area contributed by atoms with Gasteiger partial charge in [-0.2, -0.15) is 0 Å². The molecule has 1 aliphatic carbocycles. The Bertz CT molecular complexity index is 506. The summed E-state index contributed by atoms with van der Waals surface area (Å²) in [4.78, 5) is 10.8. The second-order valence-electron chi connectivity index (χ2n) is 5.12. The average Bonchev–Trinajstić information content (AvgIpc) is 2.48. The van der Waals surface area contributed by atoms with Crippen LogP contribution in [-0.4, -0.2) is 36.8 Å². The minimum atomic E-state index is -0.390. The van der Waals surface area contributed by atoms with Crippen molar-refractivity contribution < 1.29 is 14.4 Å². The van der Waals surface area contributed by atoms with Gasteiger partial charge in [0.25, 0.3) is 0 Å². The lowest BCUT2D eigenvalue weighted by Crippen LogP contribution is -2.60. The first-order valence-corrected chi connectivity index (χ1v) is 7.33. The zero-order chi connectivity index (χ0) is 15.4. The normalized spacial score (nSPS) is 24.4. The van der Waals surface area contributed by atoms with Gasteiger partial charge in [0.05, 0.1) is 4.92 Å². The van der Waals surface area contributed by atoms with E-state index in [0.29, 0.717) is 12.4 Å². The zero-order valence-electron chi connectivity index (χ0n) is 12.7. The summed E-state index contributed by atoms with van der Waals surface area (Å²) < 4.78 is 11.5. The molecule has 0 bridgehead atoms. The Morgan fingerprint density at radius 3 is 2.76 bits per heavy atom. The molecule has 0 heterocycles. The van der Waals surface area contributed by atoms with Gasteiger partial charge in [-0.3, -0.25) is 10.1 Å². The number of nitro benzene ring substituents is 1. The molecule has 1 aliphatic rings. The second-order valence-corrected chi connectivity index (χ2v) is 5.12. The number of nitrogens with one attached hydrogen (secondary N) is 1. The van der Waals surface area contributed by atoms with Gasteiger partial charge in [0.1, 0.15) is 12.2 Å². The Morgan fingerprint density at radius 1 is 1.43 bits per heavy atom. The number of rotatable bonds is 7. The first-order valence-electron chi connectivity index (χ1n) is 7.33. The van der Waals surface area contributed by atoms with Crippen molar-refractivity contribution in [3.8, 4) is 5.75 Å². The molecule has 2 rings (SSSR count). The zero-order valence-corrected chi connectivity index (χ0v) is 12.7. The quantitative estimate of drug-likeness (QED) is 0.617. The summed E-state index contributed by atoms with van der Waals surface area (Å²) in [6.07, 6.45) is 1.33. The number of nitro groups is 1. The summed E-state index contributed by atoms with van der Waals surface area (Å²) >= 11 is 0. The molecule has 6 nitrogen and oxygen atoms in total. The summed E-state index contributed by atoms with van der Waals surface area (Å²) in [6.45, 7) is 4.49. The maximum atomic E-state index is 11.2. The van der Waals surface area contributed by atoms with Crippen LogP contribution in [0.3, 0.4) is 0 Å². The Kier molecular flexibility index (Phi) is 5.14. The lowest BCUT2D eigenvalue weighted by molar-refractivity contribution is -0.386. The van der Waals surface area contributed by atoms with E-state index in [1.54, 1.807) is 12.1 Å². The van der Waals surface area contributed by atoms with Gasteiger partial charge in [-0.1, -0.05) is 13.0 Å². The monoisotopic (exact) mass is 294 g/mol. The smallest absolute Gasteiger partial charge is 0.311 e. The lowest BCUT2D eigenvalue weighted by Gasteiger charge is -2.43. The fourth-order valence-corrected chi connectivity index (χ4v) is 2.58. The molecule has 3 atom stereocenters. The van der Waals surface area contributed by atoms with E-state index in [1.165, 1.54) is 0 Å². The molecule has 0 radical (unpaired) electrons. The molecule has 21 heavy (non-hydrogen) atoms. The van der Waals surface area contributed by atoms with E-state index in [9.17, 15) is 10.1 Å². The van der Waals surface area contributed by atoms with Crippen molar-refractivity contribution in [1.29, 1.82) is 0 Å². The van der Waals surface area contributed by atoms with Crippen LogP contribution in [0.5, 0.6) is 5.75 Å². The van der Waals surface area contributed by atoms with Crippen LogP contribution in [0.2, 0.25) is 0 Å². The van der Waals surface area contributed by atoms with Gasteiger partial charge in [-0.05, 0) is 32.0 Å². The first kappa shape index (κ1) is 15.7. The highest BCUT2D eigenvalue weighted by Gasteiger charge is 2.43. The Hall–Kier alpha value is -1.66. The predicted octanol–water partition coefficient (Wildman–Crippen LogP) is 2.30. The van der Waals surface area contributed by atoms with Crippen molar-refractivity contribution in [2.45, 2.75) is 44.9 Å². The molecule has 0 amide bonds. The highest BCUT2D eigenvalue weighted by molar-refractivity contribution is 5.49. The fraction of sp³-hybridized carbons (Fsp3) is 0.600. The molecule has 1 aromatic carbocycles. The number of likely N-dealkylation sites (N-methyl/N-ethyl adjacent to an activating group) is 1. The van der Waals surface area contributed by atoms with Crippen LogP contribution in [0, 0.1) is 10.1 Å². The molecule has 6 heteroatoms.